The average Bonchev–Trinajstić information content (AvgIpc) is 2.74. The van der Waals surface area contributed by atoms with E-state index in [1.807, 2.05) is 6.07 Å². The fourth-order valence-electron chi connectivity index (χ4n) is 3.29. The molecule has 0 spiro atoms. The van der Waals surface area contributed by atoms with Crippen molar-refractivity contribution in [2.24, 2.45) is 5.92 Å². The fraction of sp³-hybridized carbons (Fsp3) is 0.625. The highest BCUT2D eigenvalue weighted by molar-refractivity contribution is 5.30. The van der Waals surface area contributed by atoms with Crippen LogP contribution >= 0.6 is 0 Å². The zero-order chi connectivity index (χ0) is 15.5. The van der Waals surface area contributed by atoms with E-state index in [0.717, 1.165) is 37.8 Å². The molecule has 0 bridgehead atoms. The molecule has 118 valence electrons. The molecular weight excluding hydrogens is 279 g/mol. The van der Waals surface area contributed by atoms with Gasteiger partial charge in [0.15, 0.2) is 0 Å². The summed E-state index contributed by atoms with van der Waals surface area (Å²) in [6.45, 7) is 5.32. The van der Waals surface area contributed by atoms with Crippen LogP contribution < -0.4 is 10.1 Å². The first-order valence-corrected chi connectivity index (χ1v) is 7.38. The fourth-order valence-corrected chi connectivity index (χ4v) is 3.29. The van der Waals surface area contributed by atoms with E-state index in [9.17, 15) is 13.2 Å². The third-order valence-corrected chi connectivity index (χ3v) is 3.81. The second-order valence-corrected chi connectivity index (χ2v) is 6.28. The molecule has 1 aromatic carbocycles. The lowest BCUT2D eigenvalue weighted by molar-refractivity contribution is -0.274. The maximum atomic E-state index is 12.3. The van der Waals surface area contributed by atoms with Gasteiger partial charge in [0.2, 0.25) is 0 Å². The Morgan fingerprint density at radius 2 is 2.10 bits per heavy atom. The highest BCUT2D eigenvalue weighted by atomic mass is 19.4. The zero-order valence-electron chi connectivity index (χ0n) is 12.5. The molecule has 1 aromatic rings. The van der Waals surface area contributed by atoms with Gasteiger partial charge in [-0.2, -0.15) is 0 Å². The van der Waals surface area contributed by atoms with Gasteiger partial charge in [-0.25, -0.2) is 0 Å². The number of nitrogens with one attached hydrogen (secondary N) is 1. The highest BCUT2D eigenvalue weighted by Crippen LogP contribution is 2.32. The summed E-state index contributed by atoms with van der Waals surface area (Å²) in [5.74, 6) is 0.405. The molecule has 1 N–H and O–H groups in total. The molecule has 1 fully saturated rings. The molecule has 0 radical (unpaired) electrons. The molecule has 2 nitrogen and oxygen atoms in total. The van der Waals surface area contributed by atoms with Gasteiger partial charge >= 0.3 is 6.36 Å². The van der Waals surface area contributed by atoms with Gasteiger partial charge in [-0.15, -0.1) is 13.2 Å². The van der Waals surface area contributed by atoms with Gasteiger partial charge in [0.1, 0.15) is 5.75 Å². The Kier molecular flexibility index (Phi) is 4.81. The smallest absolute Gasteiger partial charge is 0.406 e. The van der Waals surface area contributed by atoms with E-state index >= 15 is 0 Å². The van der Waals surface area contributed by atoms with E-state index in [-0.39, 0.29) is 11.3 Å². The average molecular weight is 301 g/mol. The molecule has 2 rings (SSSR count). The number of halogens is 3. The maximum Gasteiger partial charge on any atom is 0.573 e. The van der Waals surface area contributed by atoms with Gasteiger partial charge in [0.05, 0.1) is 0 Å². The van der Waals surface area contributed by atoms with Crippen molar-refractivity contribution in [2.75, 3.05) is 6.54 Å². The van der Waals surface area contributed by atoms with Gasteiger partial charge in [0, 0.05) is 5.54 Å². The van der Waals surface area contributed by atoms with Gasteiger partial charge in [0.25, 0.3) is 0 Å². The van der Waals surface area contributed by atoms with Crippen LogP contribution in [0.4, 0.5) is 13.2 Å². The third-order valence-electron chi connectivity index (χ3n) is 3.81. The Hall–Kier alpha value is -1.23. The van der Waals surface area contributed by atoms with E-state index in [0.29, 0.717) is 5.92 Å². The third kappa shape index (κ3) is 4.92. The zero-order valence-corrected chi connectivity index (χ0v) is 12.5. The number of rotatable bonds is 5. The quantitative estimate of drug-likeness (QED) is 0.875. The lowest BCUT2D eigenvalue weighted by Crippen LogP contribution is -2.43. The first kappa shape index (κ1) is 16.1. The first-order valence-electron chi connectivity index (χ1n) is 7.38. The minimum atomic E-state index is -4.64. The topological polar surface area (TPSA) is 21.3 Å². The molecule has 0 amide bonds. The van der Waals surface area contributed by atoms with Crippen molar-refractivity contribution in [1.29, 1.82) is 0 Å². The van der Waals surface area contributed by atoms with E-state index in [4.69, 9.17) is 0 Å². The number of alkyl halides is 3. The number of ether oxygens (including phenoxy) is 1. The van der Waals surface area contributed by atoms with Crippen LogP contribution in [0, 0.1) is 5.92 Å². The number of hydrogen-bond donors (Lipinski definition) is 1. The number of benzene rings is 1. The monoisotopic (exact) mass is 301 g/mol. The molecule has 1 saturated heterocycles. The summed E-state index contributed by atoms with van der Waals surface area (Å²) in [4.78, 5) is 0. The molecule has 21 heavy (non-hydrogen) atoms. The highest BCUT2D eigenvalue weighted by Gasteiger charge is 2.35. The van der Waals surface area contributed by atoms with Crippen molar-refractivity contribution in [2.45, 2.75) is 51.4 Å². The molecule has 1 atom stereocenters. The van der Waals surface area contributed by atoms with Crippen LogP contribution in [0.1, 0.15) is 38.7 Å². The Labute approximate surface area is 123 Å². The molecular formula is C16H22F3NO. The summed E-state index contributed by atoms with van der Waals surface area (Å²) in [5, 5.41) is 3.55. The summed E-state index contributed by atoms with van der Waals surface area (Å²) >= 11 is 0. The summed E-state index contributed by atoms with van der Waals surface area (Å²) in [5.41, 5.74) is 0.886. The van der Waals surface area contributed by atoms with Crippen LogP contribution in [-0.2, 0) is 6.42 Å². The van der Waals surface area contributed by atoms with Gasteiger partial charge in [-0.3, -0.25) is 0 Å². The number of hydrogen-bond acceptors (Lipinski definition) is 2. The normalized spacial score (nSPS) is 22.8. The van der Waals surface area contributed by atoms with Crippen LogP contribution in [0.2, 0.25) is 0 Å². The van der Waals surface area contributed by atoms with Crippen molar-refractivity contribution in [3.63, 3.8) is 0 Å². The summed E-state index contributed by atoms with van der Waals surface area (Å²) < 4.78 is 40.9. The minimum absolute atomic E-state index is 0.00498. The second kappa shape index (κ2) is 6.26. The van der Waals surface area contributed by atoms with E-state index in [1.165, 1.54) is 12.1 Å². The van der Waals surface area contributed by atoms with E-state index < -0.39 is 6.36 Å². The Bertz CT molecular complexity index is 465. The molecule has 0 saturated carbocycles. The standard InChI is InChI=1S/C16H22F3NO/c1-12(2)10-15(7-4-8-20-15)11-13-5-3-6-14(9-13)21-16(17,18)19/h3,5-6,9,12,20H,4,7-8,10-11H2,1-2H3. The largest absolute Gasteiger partial charge is 0.573 e. The second-order valence-electron chi connectivity index (χ2n) is 6.28. The molecule has 1 heterocycles. The van der Waals surface area contributed by atoms with Crippen LogP contribution in [0.25, 0.3) is 0 Å². The van der Waals surface area contributed by atoms with Gasteiger partial charge < -0.3 is 10.1 Å². The van der Waals surface area contributed by atoms with E-state index in [1.54, 1.807) is 6.07 Å². The molecule has 1 unspecified atom stereocenters. The molecule has 1 aliphatic rings. The lowest BCUT2D eigenvalue weighted by Gasteiger charge is -2.32. The van der Waals surface area contributed by atoms with Crippen LogP contribution in [0.3, 0.4) is 0 Å². The van der Waals surface area contributed by atoms with Crippen molar-refractivity contribution >= 4 is 0 Å². The maximum absolute atomic E-state index is 12.3. The first-order chi connectivity index (χ1) is 9.78. The van der Waals surface area contributed by atoms with Gasteiger partial charge in [-0.1, -0.05) is 26.0 Å². The predicted molar refractivity (Wildman–Crippen MR) is 76.3 cm³/mol. The predicted octanol–water partition coefficient (Wildman–Crippen LogP) is 4.30. The minimum Gasteiger partial charge on any atom is -0.406 e. The van der Waals surface area contributed by atoms with E-state index in [2.05, 4.69) is 23.9 Å². The van der Waals surface area contributed by atoms with Crippen molar-refractivity contribution in [3.05, 3.63) is 29.8 Å². The van der Waals surface area contributed by atoms with Crippen molar-refractivity contribution in [1.82, 2.24) is 5.32 Å². The summed E-state index contributed by atoms with van der Waals surface area (Å²) in [6, 6.07) is 6.32. The van der Waals surface area contributed by atoms with Crippen LogP contribution in [0.5, 0.6) is 5.75 Å². The molecule has 5 heteroatoms. The molecule has 0 aromatic heterocycles. The van der Waals surface area contributed by atoms with Crippen molar-refractivity contribution < 1.29 is 17.9 Å². The molecule has 0 aliphatic carbocycles. The van der Waals surface area contributed by atoms with Crippen molar-refractivity contribution in [3.8, 4) is 5.75 Å². The Morgan fingerprint density at radius 3 is 2.67 bits per heavy atom. The SMILES string of the molecule is CC(C)CC1(Cc2cccc(OC(F)(F)F)c2)CCCN1. The van der Waals surface area contributed by atoms with Gasteiger partial charge in [-0.05, 0) is 55.8 Å². The summed E-state index contributed by atoms with van der Waals surface area (Å²) in [6.07, 6.45) is -0.696. The van der Waals surface area contributed by atoms with Crippen LogP contribution in [-0.4, -0.2) is 18.4 Å². The lowest BCUT2D eigenvalue weighted by atomic mass is 9.82. The molecule has 1 aliphatic heterocycles. The Balaban J connectivity index is 2.12. The summed E-state index contributed by atoms with van der Waals surface area (Å²) in [7, 11) is 0. The Morgan fingerprint density at radius 1 is 1.33 bits per heavy atom. The van der Waals surface area contributed by atoms with Crippen LogP contribution in [0.15, 0.2) is 24.3 Å².